The predicted octanol–water partition coefficient (Wildman–Crippen LogP) is 1.30. The molecule has 1 atom stereocenters. The summed E-state index contributed by atoms with van der Waals surface area (Å²) < 4.78 is 0. The highest BCUT2D eigenvalue weighted by Crippen LogP contribution is 2.31. The lowest BCUT2D eigenvalue weighted by molar-refractivity contribution is -0.136. The van der Waals surface area contributed by atoms with Crippen LogP contribution in [0.5, 0.6) is 0 Å². The summed E-state index contributed by atoms with van der Waals surface area (Å²) in [6.45, 7) is 7.83. The number of nitrogens with one attached hydrogen (secondary N) is 2. The average molecular weight is 427 g/mol. The Morgan fingerprint density at radius 3 is 2.48 bits per heavy atom. The molecule has 0 saturated carbocycles. The van der Waals surface area contributed by atoms with Crippen molar-refractivity contribution in [2.75, 3.05) is 19.6 Å². The van der Waals surface area contributed by atoms with Gasteiger partial charge in [0, 0.05) is 25.6 Å². The van der Waals surface area contributed by atoms with Crippen LogP contribution in [0, 0.1) is 5.92 Å². The Morgan fingerprint density at radius 2 is 1.81 bits per heavy atom. The topological polar surface area (TPSA) is 98.8 Å². The highest BCUT2D eigenvalue weighted by molar-refractivity contribution is 6.24. The minimum Gasteiger partial charge on any atom is -0.317 e. The van der Waals surface area contributed by atoms with Crippen LogP contribution in [-0.2, 0) is 16.1 Å². The van der Waals surface area contributed by atoms with Crippen molar-refractivity contribution in [2.24, 2.45) is 5.92 Å². The van der Waals surface area contributed by atoms with Crippen LogP contribution in [0.2, 0.25) is 0 Å². The number of imide groups is 2. The molecule has 8 heteroatoms. The minimum absolute atomic E-state index is 0.120. The summed E-state index contributed by atoms with van der Waals surface area (Å²) in [6, 6.07) is 4.87. The molecule has 166 valence electrons. The third-order valence-corrected chi connectivity index (χ3v) is 6.35. The van der Waals surface area contributed by atoms with E-state index in [0.29, 0.717) is 29.6 Å². The lowest BCUT2D eigenvalue weighted by Gasteiger charge is -2.36. The number of amides is 4. The molecule has 3 aliphatic heterocycles. The highest BCUT2D eigenvalue weighted by Gasteiger charge is 2.45. The molecule has 3 aliphatic rings. The van der Waals surface area contributed by atoms with Crippen molar-refractivity contribution in [1.29, 1.82) is 0 Å². The molecule has 1 aromatic carbocycles. The van der Waals surface area contributed by atoms with Crippen LogP contribution in [0.25, 0.3) is 0 Å². The van der Waals surface area contributed by atoms with Crippen LogP contribution >= 0.6 is 0 Å². The Labute approximate surface area is 182 Å². The molecular formula is C23H30N4O4. The Balaban J connectivity index is 1.62. The zero-order valence-corrected chi connectivity index (χ0v) is 18.1. The van der Waals surface area contributed by atoms with E-state index < -0.39 is 23.8 Å². The van der Waals surface area contributed by atoms with Crippen LogP contribution in [0.1, 0.15) is 65.8 Å². The quantitative estimate of drug-likeness (QED) is 0.666. The van der Waals surface area contributed by atoms with E-state index in [0.717, 1.165) is 42.9 Å². The van der Waals surface area contributed by atoms with Crippen LogP contribution in [0.15, 0.2) is 18.2 Å². The Bertz CT molecular complexity index is 907. The van der Waals surface area contributed by atoms with Gasteiger partial charge in [0.2, 0.25) is 11.8 Å². The summed E-state index contributed by atoms with van der Waals surface area (Å²) in [5.41, 5.74) is 1.58. The maximum absolute atomic E-state index is 13.3. The van der Waals surface area contributed by atoms with Gasteiger partial charge in [0.05, 0.1) is 11.1 Å². The lowest BCUT2D eigenvalue weighted by Crippen LogP contribution is -2.54. The first-order valence-corrected chi connectivity index (χ1v) is 11.1. The summed E-state index contributed by atoms with van der Waals surface area (Å²) in [6.07, 6.45) is 2.39. The van der Waals surface area contributed by atoms with E-state index in [2.05, 4.69) is 29.4 Å². The largest absolute Gasteiger partial charge is 0.317 e. The first kappa shape index (κ1) is 21.6. The van der Waals surface area contributed by atoms with Crippen molar-refractivity contribution in [2.45, 2.75) is 58.2 Å². The third kappa shape index (κ3) is 4.27. The first-order chi connectivity index (χ1) is 14.9. The highest BCUT2D eigenvalue weighted by atomic mass is 16.2. The number of benzene rings is 1. The third-order valence-electron chi connectivity index (χ3n) is 6.35. The molecule has 1 aromatic rings. The van der Waals surface area contributed by atoms with E-state index in [4.69, 9.17) is 0 Å². The monoisotopic (exact) mass is 426 g/mol. The second-order valence-electron chi connectivity index (χ2n) is 9.09. The van der Waals surface area contributed by atoms with Gasteiger partial charge in [-0.1, -0.05) is 26.0 Å². The van der Waals surface area contributed by atoms with E-state index in [1.54, 1.807) is 6.07 Å². The van der Waals surface area contributed by atoms with Crippen LogP contribution in [0.3, 0.4) is 0 Å². The zero-order chi connectivity index (χ0) is 22.1. The van der Waals surface area contributed by atoms with Gasteiger partial charge in [0.25, 0.3) is 11.8 Å². The van der Waals surface area contributed by atoms with Crippen molar-refractivity contribution >= 4 is 23.6 Å². The summed E-state index contributed by atoms with van der Waals surface area (Å²) in [7, 11) is 0. The fourth-order valence-corrected chi connectivity index (χ4v) is 4.92. The molecule has 1 unspecified atom stereocenters. The SMILES string of the molecule is CC(C)CN(Cc1cccc2c1C(=O)N(C1CCC(=O)NC1=O)C2=O)C1CCNCC1. The van der Waals surface area contributed by atoms with Gasteiger partial charge in [0.15, 0.2) is 0 Å². The second-order valence-corrected chi connectivity index (χ2v) is 9.09. The van der Waals surface area contributed by atoms with Gasteiger partial charge in [-0.25, -0.2) is 0 Å². The average Bonchev–Trinajstić information content (AvgIpc) is 2.99. The standard InChI is InChI=1S/C23H30N4O4/c1-14(2)12-26(16-8-10-24-11-9-16)13-15-4-3-5-17-20(15)23(31)27(22(17)30)18-6-7-19(28)25-21(18)29/h3-5,14,16,18,24H,6-13H2,1-2H3,(H,25,28,29). The van der Waals surface area contributed by atoms with Crippen LogP contribution in [-0.4, -0.2) is 65.1 Å². The molecule has 4 rings (SSSR count). The molecule has 4 amide bonds. The van der Waals surface area contributed by atoms with Crippen molar-refractivity contribution in [3.63, 3.8) is 0 Å². The number of carbonyl (C=O) groups excluding carboxylic acids is 4. The molecule has 31 heavy (non-hydrogen) atoms. The molecule has 2 N–H and O–H groups in total. The van der Waals surface area contributed by atoms with Crippen molar-refractivity contribution in [1.82, 2.24) is 20.4 Å². The summed E-state index contributed by atoms with van der Waals surface area (Å²) in [5.74, 6) is -1.36. The van der Waals surface area contributed by atoms with Crippen molar-refractivity contribution in [3.8, 4) is 0 Å². The van der Waals surface area contributed by atoms with Gasteiger partial charge < -0.3 is 5.32 Å². The number of hydrogen-bond acceptors (Lipinski definition) is 6. The summed E-state index contributed by atoms with van der Waals surface area (Å²) in [5, 5.41) is 5.64. The van der Waals surface area contributed by atoms with Gasteiger partial charge in [-0.3, -0.25) is 34.3 Å². The number of nitrogens with zero attached hydrogens (tertiary/aromatic N) is 2. The Hall–Kier alpha value is -2.58. The Morgan fingerprint density at radius 1 is 1.06 bits per heavy atom. The fourth-order valence-electron chi connectivity index (χ4n) is 4.92. The number of piperidine rings is 2. The number of hydrogen-bond donors (Lipinski definition) is 2. The molecule has 0 aliphatic carbocycles. The molecule has 0 spiro atoms. The van der Waals surface area contributed by atoms with E-state index >= 15 is 0 Å². The fraction of sp³-hybridized carbons (Fsp3) is 0.565. The molecule has 2 saturated heterocycles. The zero-order valence-electron chi connectivity index (χ0n) is 18.1. The van der Waals surface area contributed by atoms with Gasteiger partial charge >= 0.3 is 0 Å². The maximum Gasteiger partial charge on any atom is 0.262 e. The number of rotatable bonds is 6. The van der Waals surface area contributed by atoms with Crippen molar-refractivity contribution in [3.05, 3.63) is 34.9 Å². The molecule has 8 nitrogen and oxygen atoms in total. The molecule has 0 radical (unpaired) electrons. The van der Waals surface area contributed by atoms with Crippen LogP contribution in [0.4, 0.5) is 0 Å². The molecule has 0 aromatic heterocycles. The molecule has 3 heterocycles. The number of fused-ring (bicyclic) bond motifs is 1. The maximum atomic E-state index is 13.3. The predicted molar refractivity (Wildman–Crippen MR) is 114 cm³/mol. The number of carbonyl (C=O) groups is 4. The second kappa shape index (κ2) is 8.88. The molecular weight excluding hydrogens is 396 g/mol. The van der Waals surface area contributed by atoms with Gasteiger partial charge in [-0.15, -0.1) is 0 Å². The van der Waals surface area contributed by atoms with Crippen molar-refractivity contribution < 1.29 is 19.2 Å². The van der Waals surface area contributed by atoms with E-state index in [1.807, 2.05) is 12.1 Å². The van der Waals surface area contributed by atoms with Gasteiger partial charge in [-0.2, -0.15) is 0 Å². The van der Waals surface area contributed by atoms with Crippen LogP contribution < -0.4 is 10.6 Å². The lowest BCUT2D eigenvalue weighted by atomic mass is 9.98. The molecule has 0 bridgehead atoms. The summed E-state index contributed by atoms with van der Waals surface area (Å²) in [4.78, 5) is 53.7. The Kier molecular flexibility index (Phi) is 6.20. The normalized spacial score (nSPS) is 22.5. The summed E-state index contributed by atoms with van der Waals surface area (Å²) >= 11 is 0. The van der Waals surface area contributed by atoms with Gasteiger partial charge in [0.1, 0.15) is 6.04 Å². The van der Waals surface area contributed by atoms with E-state index in [9.17, 15) is 19.2 Å². The smallest absolute Gasteiger partial charge is 0.262 e. The first-order valence-electron chi connectivity index (χ1n) is 11.1. The van der Waals surface area contributed by atoms with Gasteiger partial charge in [-0.05, 0) is 49.9 Å². The van der Waals surface area contributed by atoms with E-state index in [1.165, 1.54) is 0 Å². The van der Waals surface area contributed by atoms with E-state index in [-0.39, 0.29) is 18.7 Å². The minimum atomic E-state index is -0.936. The molecule has 2 fully saturated rings.